The van der Waals surface area contributed by atoms with Crippen molar-refractivity contribution in [1.29, 1.82) is 0 Å². The van der Waals surface area contributed by atoms with E-state index in [4.69, 9.17) is 11.6 Å². The van der Waals surface area contributed by atoms with Crippen LogP contribution in [-0.4, -0.2) is 16.8 Å². The predicted molar refractivity (Wildman–Crippen MR) is 79.6 cm³/mol. The van der Waals surface area contributed by atoms with Crippen LogP contribution >= 0.6 is 11.6 Å². The molecule has 3 nitrogen and oxygen atoms in total. The zero-order valence-corrected chi connectivity index (χ0v) is 12.9. The van der Waals surface area contributed by atoms with E-state index in [1.54, 1.807) is 17.8 Å². The smallest absolute Gasteiger partial charge is 0.130 e. The third kappa shape index (κ3) is 2.86. The maximum absolute atomic E-state index is 14.1. The molecule has 2 rings (SSSR count). The second-order valence-electron chi connectivity index (χ2n) is 5.05. The Balaban J connectivity index is 2.33. The fraction of sp³-hybridized carbons (Fsp3) is 0.400. The Labute approximate surface area is 123 Å². The van der Waals surface area contributed by atoms with Crippen LogP contribution < -0.4 is 5.32 Å². The van der Waals surface area contributed by atoms with Gasteiger partial charge in [-0.25, -0.2) is 4.39 Å². The van der Waals surface area contributed by atoms with Crippen molar-refractivity contribution >= 4 is 11.6 Å². The van der Waals surface area contributed by atoms with Gasteiger partial charge in [0.2, 0.25) is 0 Å². The van der Waals surface area contributed by atoms with Gasteiger partial charge in [-0.15, -0.1) is 0 Å². The number of aryl methyl sites for hydroxylation is 3. The Morgan fingerprint density at radius 1 is 1.40 bits per heavy atom. The number of rotatable bonds is 4. The highest BCUT2D eigenvalue weighted by molar-refractivity contribution is 6.30. The van der Waals surface area contributed by atoms with Gasteiger partial charge in [-0.1, -0.05) is 23.7 Å². The number of hydrogen-bond donors (Lipinski definition) is 1. The van der Waals surface area contributed by atoms with Gasteiger partial charge in [0, 0.05) is 24.2 Å². The van der Waals surface area contributed by atoms with Crippen molar-refractivity contribution < 1.29 is 4.39 Å². The minimum absolute atomic E-state index is 0.129. The maximum atomic E-state index is 14.1. The summed E-state index contributed by atoms with van der Waals surface area (Å²) in [5.74, 6) is -0.193. The molecule has 1 aromatic carbocycles. The van der Waals surface area contributed by atoms with Gasteiger partial charge < -0.3 is 5.32 Å². The first-order chi connectivity index (χ1) is 9.43. The lowest BCUT2D eigenvalue weighted by Crippen LogP contribution is -2.20. The van der Waals surface area contributed by atoms with E-state index in [2.05, 4.69) is 10.4 Å². The van der Waals surface area contributed by atoms with Crippen molar-refractivity contribution in [1.82, 2.24) is 15.1 Å². The van der Waals surface area contributed by atoms with Crippen LogP contribution in [0.1, 0.15) is 28.4 Å². The van der Waals surface area contributed by atoms with E-state index in [0.717, 1.165) is 16.8 Å². The van der Waals surface area contributed by atoms with Crippen LogP contribution in [0.15, 0.2) is 18.2 Å². The molecular weight excluding hydrogens is 277 g/mol. The standard InChI is InChI=1S/C15H19ClFN3/c1-9-5-6-11(13(17)7-9)14(18-3)8-12-10(2)19-20(4)15(12)16/h5-7,14,18H,8H2,1-4H3. The SMILES string of the molecule is CNC(Cc1c(C)nn(C)c1Cl)c1ccc(C)cc1F. The van der Waals surface area contributed by atoms with E-state index in [1.165, 1.54) is 0 Å². The molecule has 1 aromatic heterocycles. The zero-order chi connectivity index (χ0) is 14.9. The summed E-state index contributed by atoms with van der Waals surface area (Å²) in [6.45, 7) is 3.79. The van der Waals surface area contributed by atoms with Gasteiger partial charge in [0.15, 0.2) is 0 Å². The summed E-state index contributed by atoms with van der Waals surface area (Å²) in [6, 6.07) is 5.17. The monoisotopic (exact) mass is 295 g/mol. The van der Waals surface area contributed by atoms with Crippen LogP contribution in [0.4, 0.5) is 4.39 Å². The van der Waals surface area contributed by atoms with Crippen molar-refractivity contribution in [3.63, 3.8) is 0 Å². The summed E-state index contributed by atoms with van der Waals surface area (Å²) >= 11 is 6.25. The molecular formula is C15H19ClFN3. The van der Waals surface area contributed by atoms with Crippen molar-refractivity contribution in [2.45, 2.75) is 26.3 Å². The quantitative estimate of drug-likeness (QED) is 0.937. The molecule has 0 amide bonds. The van der Waals surface area contributed by atoms with E-state index in [0.29, 0.717) is 17.1 Å². The number of benzene rings is 1. The minimum atomic E-state index is -0.193. The number of nitrogens with one attached hydrogen (secondary N) is 1. The van der Waals surface area contributed by atoms with Crippen molar-refractivity contribution in [3.8, 4) is 0 Å². The van der Waals surface area contributed by atoms with Crippen molar-refractivity contribution in [3.05, 3.63) is 51.6 Å². The second kappa shape index (κ2) is 5.94. The molecule has 2 aromatic rings. The number of halogens is 2. The average molecular weight is 296 g/mol. The second-order valence-corrected chi connectivity index (χ2v) is 5.41. The maximum Gasteiger partial charge on any atom is 0.130 e. The number of likely N-dealkylation sites (N-methyl/N-ethyl adjacent to an activating group) is 1. The van der Waals surface area contributed by atoms with E-state index >= 15 is 0 Å². The third-order valence-corrected chi connectivity index (χ3v) is 4.03. The molecule has 108 valence electrons. The fourth-order valence-electron chi connectivity index (χ4n) is 2.39. The van der Waals surface area contributed by atoms with Gasteiger partial charge in [-0.2, -0.15) is 5.10 Å². The number of aromatic nitrogens is 2. The summed E-state index contributed by atoms with van der Waals surface area (Å²) in [5, 5.41) is 8.05. The normalized spacial score (nSPS) is 12.7. The summed E-state index contributed by atoms with van der Waals surface area (Å²) in [6.07, 6.45) is 0.606. The molecule has 1 unspecified atom stereocenters. The highest BCUT2D eigenvalue weighted by atomic mass is 35.5. The summed E-state index contributed by atoms with van der Waals surface area (Å²) in [4.78, 5) is 0. The molecule has 5 heteroatoms. The van der Waals surface area contributed by atoms with E-state index in [9.17, 15) is 4.39 Å². The summed E-state index contributed by atoms with van der Waals surface area (Å²) < 4.78 is 15.7. The summed E-state index contributed by atoms with van der Waals surface area (Å²) in [7, 11) is 3.63. The van der Waals surface area contributed by atoms with E-state index in [1.807, 2.05) is 33.0 Å². The van der Waals surface area contributed by atoms with Crippen molar-refractivity contribution in [2.24, 2.45) is 7.05 Å². The van der Waals surface area contributed by atoms with Crippen molar-refractivity contribution in [2.75, 3.05) is 7.05 Å². The van der Waals surface area contributed by atoms with Gasteiger partial charge in [-0.3, -0.25) is 4.68 Å². The molecule has 1 N–H and O–H groups in total. The fourth-order valence-corrected chi connectivity index (χ4v) is 2.64. The van der Waals surface area contributed by atoms with E-state index < -0.39 is 0 Å². The van der Waals surface area contributed by atoms with Gasteiger partial charge in [-0.05, 0) is 38.9 Å². The van der Waals surface area contributed by atoms with Crippen LogP contribution in [0.2, 0.25) is 5.15 Å². The van der Waals surface area contributed by atoms with Crippen LogP contribution in [-0.2, 0) is 13.5 Å². The molecule has 0 fully saturated rings. The van der Waals surface area contributed by atoms with Crippen LogP contribution in [0, 0.1) is 19.7 Å². The Bertz CT molecular complexity index is 622. The van der Waals surface area contributed by atoms with E-state index in [-0.39, 0.29) is 11.9 Å². The molecule has 0 spiro atoms. The lowest BCUT2D eigenvalue weighted by atomic mass is 9.98. The Morgan fingerprint density at radius 2 is 2.10 bits per heavy atom. The molecule has 0 radical (unpaired) electrons. The Hall–Kier alpha value is -1.39. The van der Waals surface area contributed by atoms with Crippen LogP contribution in [0.25, 0.3) is 0 Å². The largest absolute Gasteiger partial charge is 0.313 e. The molecule has 1 heterocycles. The lowest BCUT2D eigenvalue weighted by molar-refractivity contribution is 0.532. The van der Waals surface area contributed by atoms with Crippen LogP contribution in [0.3, 0.4) is 0 Å². The van der Waals surface area contributed by atoms with Gasteiger partial charge in [0.1, 0.15) is 11.0 Å². The Morgan fingerprint density at radius 3 is 2.60 bits per heavy atom. The lowest BCUT2D eigenvalue weighted by Gasteiger charge is -2.18. The topological polar surface area (TPSA) is 29.9 Å². The molecule has 0 saturated carbocycles. The predicted octanol–water partition coefficient (Wildman–Crippen LogP) is 3.33. The summed E-state index contributed by atoms with van der Waals surface area (Å²) in [5.41, 5.74) is 3.40. The first-order valence-electron chi connectivity index (χ1n) is 6.55. The number of hydrogen-bond acceptors (Lipinski definition) is 2. The molecule has 0 saturated heterocycles. The Kier molecular flexibility index (Phi) is 4.45. The zero-order valence-electron chi connectivity index (χ0n) is 12.2. The highest BCUT2D eigenvalue weighted by Crippen LogP contribution is 2.27. The molecule has 0 aliphatic carbocycles. The minimum Gasteiger partial charge on any atom is -0.313 e. The number of nitrogens with zero attached hydrogens (tertiary/aromatic N) is 2. The average Bonchev–Trinajstić information content (AvgIpc) is 2.62. The molecule has 0 bridgehead atoms. The molecule has 0 aliphatic heterocycles. The highest BCUT2D eigenvalue weighted by Gasteiger charge is 2.19. The molecule has 20 heavy (non-hydrogen) atoms. The van der Waals surface area contributed by atoms with Crippen LogP contribution in [0.5, 0.6) is 0 Å². The van der Waals surface area contributed by atoms with Gasteiger partial charge >= 0.3 is 0 Å². The van der Waals surface area contributed by atoms with Gasteiger partial charge in [0.05, 0.1) is 5.69 Å². The third-order valence-electron chi connectivity index (χ3n) is 3.56. The molecule has 0 aliphatic rings. The first-order valence-corrected chi connectivity index (χ1v) is 6.93. The van der Waals surface area contributed by atoms with Gasteiger partial charge in [0.25, 0.3) is 0 Å². The first kappa shape index (κ1) is 15.0. The molecule has 1 atom stereocenters.